The molecule has 1 aromatic carbocycles. The molecule has 72 valence electrons. The monoisotopic (exact) mass is 243 g/mol. The molecular weight excluding hydrogens is 230 g/mol. The summed E-state index contributed by atoms with van der Waals surface area (Å²) in [5.74, 6) is 0. The largest absolute Gasteiger partial charge is 0.392 e. The minimum absolute atomic E-state index is 0.289. The fraction of sp³-hybridized carbons (Fsp3) is 0.400. The molecule has 0 bridgehead atoms. The van der Waals surface area contributed by atoms with E-state index in [2.05, 4.69) is 27.3 Å². The van der Waals surface area contributed by atoms with Crippen LogP contribution in [0.3, 0.4) is 0 Å². The zero-order valence-corrected chi connectivity index (χ0v) is 9.21. The highest BCUT2D eigenvalue weighted by molar-refractivity contribution is 9.10. The van der Waals surface area contributed by atoms with E-state index in [1.165, 1.54) is 5.56 Å². The van der Waals surface area contributed by atoms with E-state index in [0.717, 1.165) is 11.0 Å². The summed E-state index contributed by atoms with van der Waals surface area (Å²) in [6.07, 6.45) is -0.289. The fourth-order valence-corrected chi connectivity index (χ4v) is 1.48. The molecule has 0 spiro atoms. The Hall–Kier alpha value is -0.380. The van der Waals surface area contributed by atoms with Crippen LogP contribution in [0.2, 0.25) is 0 Å². The molecule has 0 saturated carbocycles. The van der Waals surface area contributed by atoms with Crippen LogP contribution < -0.4 is 5.32 Å². The van der Waals surface area contributed by atoms with E-state index >= 15 is 0 Å². The third-order valence-corrected chi connectivity index (χ3v) is 2.49. The van der Waals surface area contributed by atoms with Crippen molar-refractivity contribution in [3.63, 3.8) is 0 Å². The van der Waals surface area contributed by atoms with Gasteiger partial charge in [-0.05, 0) is 18.6 Å². The topological polar surface area (TPSA) is 32.3 Å². The summed E-state index contributed by atoms with van der Waals surface area (Å²) in [6.45, 7) is 3.18. The molecule has 1 rings (SSSR count). The van der Waals surface area contributed by atoms with Gasteiger partial charge in [0, 0.05) is 17.6 Å². The highest BCUT2D eigenvalue weighted by atomic mass is 79.9. The summed E-state index contributed by atoms with van der Waals surface area (Å²) in [4.78, 5) is 0. The molecule has 13 heavy (non-hydrogen) atoms. The van der Waals surface area contributed by atoms with Crippen LogP contribution >= 0.6 is 15.9 Å². The van der Waals surface area contributed by atoms with Crippen LogP contribution in [0.1, 0.15) is 12.5 Å². The molecule has 1 atom stereocenters. The van der Waals surface area contributed by atoms with E-state index in [9.17, 15) is 0 Å². The van der Waals surface area contributed by atoms with Crippen LogP contribution in [-0.2, 0) is 6.54 Å². The summed E-state index contributed by atoms with van der Waals surface area (Å²) < 4.78 is 1.10. The van der Waals surface area contributed by atoms with Crippen LogP contribution in [0.5, 0.6) is 0 Å². The predicted octanol–water partition coefficient (Wildman–Crippen LogP) is 1.92. The van der Waals surface area contributed by atoms with Crippen LogP contribution in [-0.4, -0.2) is 17.8 Å². The Morgan fingerprint density at radius 3 is 2.77 bits per heavy atom. The Morgan fingerprint density at radius 2 is 2.15 bits per heavy atom. The summed E-state index contributed by atoms with van der Waals surface area (Å²) in [7, 11) is 0. The van der Waals surface area contributed by atoms with Crippen molar-refractivity contribution in [1.29, 1.82) is 0 Å². The van der Waals surface area contributed by atoms with Crippen molar-refractivity contribution >= 4 is 15.9 Å². The van der Waals surface area contributed by atoms with Crippen molar-refractivity contribution in [2.75, 3.05) is 6.54 Å². The number of rotatable bonds is 4. The number of hydrogen-bond acceptors (Lipinski definition) is 2. The molecule has 2 N–H and O–H groups in total. The number of nitrogens with one attached hydrogen (secondary N) is 1. The first kappa shape index (κ1) is 10.7. The maximum Gasteiger partial charge on any atom is 0.0636 e. The third kappa shape index (κ3) is 3.89. The lowest BCUT2D eigenvalue weighted by Crippen LogP contribution is -2.23. The van der Waals surface area contributed by atoms with Crippen molar-refractivity contribution in [3.05, 3.63) is 34.3 Å². The maximum absolute atomic E-state index is 9.03. The SMILES string of the molecule is C[C@H](O)CNCc1ccccc1Br. The van der Waals surface area contributed by atoms with Crippen molar-refractivity contribution < 1.29 is 5.11 Å². The molecule has 3 heteroatoms. The van der Waals surface area contributed by atoms with Gasteiger partial charge >= 0.3 is 0 Å². The van der Waals surface area contributed by atoms with Crippen LogP contribution in [0.4, 0.5) is 0 Å². The van der Waals surface area contributed by atoms with Gasteiger partial charge in [0.2, 0.25) is 0 Å². The van der Waals surface area contributed by atoms with Crippen LogP contribution in [0.25, 0.3) is 0 Å². The molecule has 0 unspecified atom stereocenters. The van der Waals surface area contributed by atoms with E-state index in [0.29, 0.717) is 6.54 Å². The van der Waals surface area contributed by atoms with Crippen molar-refractivity contribution in [3.8, 4) is 0 Å². The molecule has 0 radical (unpaired) electrons. The second-order valence-electron chi connectivity index (χ2n) is 3.07. The highest BCUT2D eigenvalue weighted by Crippen LogP contribution is 2.14. The zero-order valence-electron chi connectivity index (χ0n) is 7.63. The lowest BCUT2D eigenvalue weighted by Gasteiger charge is -2.07. The summed E-state index contributed by atoms with van der Waals surface area (Å²) in [6, 6.07) is 8.06. The molecule has 1 aromatic rings. The van der Waals surface area contributed by atoms with Crippen molar-refractivity contribution in [2.24, 2.45) is 0 Å². The normalized spacial score (nSPS) is 12.8. The Labute approximate surface area is 87.1 Å². The summed E-state index contributed by atoms with van der Waals surface area (Å²) >= 11 is 3.46. The number of benzene rings is 1. The van der Waals surface area contributed by atoms with E-state index in [1.807, 2.05) is 18.2 Å². The van der Waals surface area contributed by atoms with Gasteiger partial charge in [0.15, 0.2) is 0 Å². The second-order valence-corrected chi connectivity index (χ2v) is 3.93. The quantitative estimate of drug-likeness (QED) is 0.848. The van der Waals surface area contributed by atoms with Crippen LogP contribution in [0.15, 0.2) is 28.7 Å². The second kappa shape index (κ2) is 5.37. The first-order valence-corrected chi connectivity index (χ1v) is 5.11. The average Bonchev–Trinajstić information content (AvgIpc) is 2.08. The van der Waals surface area contributed by atoms with Gasteiger partial charge in [0.05, 0.1) is 6.10 Å². The third-order valence-electron chi connectivity index (χ3n) is 1.71. The molecule has 0 aliphatic heterocycles. The molecule has 0 aromatic heterocycles. The molecule has 2 nitrogen and oxygen atoms in total. The van der Waals surface area contributed by atoms with Gasteiger partial charge < -0.3 is 10.4 Å². The maximum atomic E-state index is 9.03. The highest BCUT2D eigenvalue weighted by Gasteiger charge is 1.98. The molecule has 0 aliphatic rings. The minimum atomic E-state index is -0.289. The number of aliphatic hydroxyl groups is 1. The number of halogens is 1. The Morgan fingerprint density at radius 1 is 1.46 bits per heavy atom. The molecular formula is C10H14BrNO. The van der Waals surface area contributed by atoms with Gasteiger partial charge in [-0.3, -0.25) is 0 Å². The van der Waals surface area contributed by atoms with Gasteiger partial charge in [-0.2, -0.15) is 0 Å². The molecule has 0 amide bonds. The Balaban J connectivity index is 2.41. The van der Waals surface area contributed by atoms with E-state index in [1.54, 1.807) is 6.92 Å². The molecule has 0 heterocycles. The fourth-order valence-electron chi connectivity index (χ4n) is 1.06. The molecule has 0 saturated heterocycles. The minimum Gasteiger partial charge on any atom is -0.392 e. The number of aliphatic hydroxyl groups excluding tert-OH is 1. The van der Waals surface area contributed by atoms with Gasteiger partial charge in [-0.1, -0.05) is 34.1 Å². The van der Waals surface area contributed by atoms with E-state index in [-0.39, 0.29) is 6.10 Å². The average molecular weight is 244 g/mol. The first-order chi connectivity index (χ1) is 6.20. The summed E-state index contributed by atoms with van der Waals surface area (Å²) in [5, 5.41) is 12.2. The van der Waals surface area contributed by atoms with Gasteiger partial charge in [-0.25, -0.2) is 0 Å². The smallest absolute Gasteiger partial charge is 0.0636 e. The van der Waals surface area contributed by atoms with Crippen molar-refractivity contribution in [2.45, 2.75) is 19.6 Å². The molecule has 0 aliphatic carbocycles. The van der Waals surface area contributed by atoms with Crippen molar-refractivity contribution in [1.82, 2.24) is 5.32 Å². The lowest BCUT2D eigenvalue weighted by molar-refractivity contribution is 0.191. The van der Waals surface area contributed by atoms with Gasteiger partial charge in [0.25, 0.3) is 0 Å². The van der Waals surface area contributed by atoms with Crippen LogP contribution in [0, 0.1) is 0 Å². The van der Waals surface area contributed by atoms with Gasteiger partial charge in [-0.15, -0.1) is 0 Å². The number of hydrogen-bond donors (Lipinski definition) is 2. The zero-order chi connectivity index (χ0) is 9.68. The summed E-state index contributed by atoms with van der Waals surface area (Å²) in [5.41, 5.74) is 1.21. The van der Waals surface area contributed by atoms with E-state index < -0.39 is 0 Å². The van der Waals surface area contributed by atoms with E-state index in [4.69, 9.17) is 5.11 Å². The first-order valence-electron chi connectivity index (χ1n) is 4.32. The standard InChI is InChI=1S/C10H14BrNO/c1-8(13)6-12-7-9-4-2-3-5-10(9)11/h2-5,8,12-13H,6-7H2,1H3/t8-/m0/s1. The Kier molecular flexibility index (Phi) is 4.42. The Bertz CT molecular complexity index is 263. The lowest BCUT2D eigenvalue weighted by atomic mass is 10.2. The van der Waals surface area contributed by atoms with Gasteiger partial charge in [0.1, 0.15) is 0 Å². The predicted molar refractivity (Wildman–Crippen MR) is 57.5 cm³/mol. The molecule has 0 fully saturated rings.